The van der Waals surface area contributed by atoms with Crippen LogP contribution in [-0.2, 0) is 6.42 Å². The third-order valence-corrected chi connectivity index (χ3v) is 3.60. The highest BCUT2D eigenvalue weighted by molar-refractivity contribution is 6.34. The Morgan fingerprint density at radius 1 is 1.30 bits per heavy atom. The summed E-state index contributed by atoms with van der Waals surface area (Å²) in [6.07, 6.45) is 9.38. The Balaban J connectivity index is 1.84. The SMILES string of the molecule is O=C(Nc1ccc2c(c1)C=CCC2)c1ccncc1Cl. The van der Waals surface area contributed by atoms with Gasteiger partial charge in [0.05, 0.1) is 10.6 Å². The van der Waals surface area contributed by atoms with Crippen LogP contribution in [0.15, 0.2) is 42.7 Å². The molecule has 1 N–H and O–H groups in total. The maximum atomic E-state index is 12.2. The van der Waals surface area contributed by atoms with Crippen LogP contribution in [-0.4, -0.2) is 10.9 Å². The second kappa shape index (κ2) is 5.47. The van der Waals surface area contributed by atoms with Crippen LogP contribution in [0.5, 0.6) is 0 Å². The van der Waals surface area contributed by atoms with Crippen LogP contribution in [0, 0.1) is 0 Å². The highest BCUT2D eigenvalue weighted by atomic mass is 35.5. The molecule has 0 saturated carbocycles. The molecule has 1 aliphatic rings. The van der Waals surface area contributed by atoms with E-state index in [1.54, 1.807) is 12.3 Å². The lowest BCUT2D eigenvalue weighted by Gasteiger charge is -2.13. The van der Waals surface area contributed by atoms with Crippen molar-refractivity contribution in [2.24, 2.45) is 0 Å². The molecule has 1 aliphatic carbocycles. The van der Waals surface area contributed by atoms with Gasteiger partial charge in [-0.25, -0.2) is 0 Å². The van der Waals surface area contributed by atoms with E-state index < -0.39 is 0 Å². The van der Waals surface area contributed by atoms with E-state index in [1.807, 2.05) is 12.1 Å². The minimum absolute atomic E-state index is 0.225. The summed E-state index contributed by atoms with van der Waals surface area (Å²) in [6, 6.07) is 7.57. The number of carbonyl (C=O) groups is 1. The van der Waals surface area contributed by atoms with Crippen molar-refractivity contribution in [2.75, 3.05) is 5.32 Å². The standard InChI is InChI=1S/C16H13ClN2O/c17-15-10-18-8-7-14(15)16(20)19-13-6-5-11-3-1-2-4-12(11)9-13/h2,4-10H,1,3H2,(H,19,20). The molecule has 20 heavy (non-hydrogen) atoms. The van der Waals surface area contributed by atoms with Gasteiger partial charge in [0.25, 0.3) is 5.91 Å². The zero-order valence-corrected chi connectivity index (χ0v) is 11.5. The summed E-state index contributed by atoms with van der Waals surface area (Å²) in [5.74, 6) is -0.225. The maximum Gasteiger partial charge on any atom is 0.257 e. The molecule has 1 aromatic heterocycles. The van der Waals surface area contributed by atoms with Gasteiger partial charge in [0, 0.05) is 18.1 Å². The average molecular weight is 285 g/mol. The minimum atomic E-state index is -0.225. The van der Waals surface area contributed by atoms with Gasteiger partial charge in [-0.05, 0) is 42.2 Å². The molecule has 0 spiro atoms. The van der Waals surface area contributed by atoms with Crippen molar-refractivity contribution >= 4 is 29.3 Å². The largest absolute Gasteiger partial charge is 0.322 e. The molecule has 100 valence electrons. The summed E-state index contributed by atoms with van der Waals surface area (Å²) in [5.41, 5.74) is 3.67. The van der Waals surface area contributed by atoms with Crippen molar-refractivity contribution in [2.45, 2.75) is 12.8 Å². The molecule has 1 heterocycles. The number of amides is 1. The number of nitrogens with zero attached hydrogens (tertiary/aromatic N) is 1. The molecule has 0 aliphatic heterocycles. The summed E-state index contributed by atoms with van der Waals surface area (Å²) in [4.78, 5) is 16.0. The lowest BCUT2D eigenvalue weighted by Crippen LogP contribution is -2.13. The molecule has 3 rings (SSSR count). The zero-order valence-electron chi connectivity index (χ0n) is 10.8. The van der Waals surface area contributed by atoms with Crippen LogP contribution in [0.2, 0.25) is 5.02 Å². The Kier molecular flexibility index (Phi) is 3.52. The number of halogens is 1. The summed E-state index contributed by atoms with van der Waals surface area (Å²) in [7, 11) is 0. The van der Waals surface area contributed by atoms with Crippen molar-refractivity contribution in [1.29, 1.82) is 0 Å². The smallest absolute Gasteiger partial charge is 0.257 e. The molecule has 1 aromatic carbocycles. The molecular weight excluding hydrogens is 272 g/mol. The highest BCUT2D eigenvalue weighted by Gasteiger charge is 2.11. The molecule has 0 saturated heterocycles. The van der Waals surface area contributed by atoms with Crippen molar-refractivity contribution in [3.05, 3.63) is 64.4 Å². The first-order valence-electron chi connectivity index (χ1n) is 6.44. The molecule has 0 unspecified atom stereocenters. The Labute approximate surface area is 122 Å². The lowest BCUT2D eigenvalue weighted by atomic mass is 9.97. The molecule has 3 nitrogen and oxygen atoms in total. The van der Waals surface area contributed by atoms with Crippen LogP contribution in [0.3, 0.4) is 0 Å². The Hall–Kier alpha value is -2.13. The zero-order chi connectivity index (χ0) is 13.9. The summed E-state index contributed by atoms with van der Waals surface area (Å²) in [6.45, 7) is 0. The van der Waals surface area contributed by atoms with E-state index in [4.69, 9.17) is 11.6 Å². The molecule has 0 bridgehead atoms. The number of fused-ring (bicyclic) bond motifs is 1. The van der Waals surface area contributed by atoms with Crippen LogP contribution in [0.25, 0.3) is 6.08 Å². The van der Waals surface area contributed by atoms with Gasteiger partial charge in [-0.15, -0.1) is 0 Å². The minimum Gasteiger partial charge on any atom is -0.322 e. The van der Waals surface area contributed by atoms with E-state index in [0.29, 0.717) is 10.6 Å². The van der Waals surface area contributed by atoms with Gasteiger partial charge in [0.15, 0.2) is 0 Å². The third-order valence-electron chi connectivity index (χ3n) is 3.30. The predicted molar refractivity (Wildman–Crippen MR) is 81.0 cm³/mol. The van der Waals surface area contributed by atoms with Crippen molar-refractivity contribution in [3.63, 3.8) is 0 Å². The summed E-state index contributed by atoms with van der Waals surface area (Å²) < 4.78 is 0. The van der Waals surface area contributed by atoms with Gasteiger partial charge in [-0.1, -0.05) is 29.8 Å². The van der Waals surface area contributed by atoms with E-state index in [1.165, 1.54) is 11.8 Å². The van der Waals surface area contributed by atoms with Crippen LogP contribution >= 0.6 is 11.6 Å². The topological polar surface area (TPSA) is 42.0 Å². The number of allylic oxidation sites excluding steroid dienone is 1. The number of pyridine rings is 1. The number of hydrogen-bond donors (Lipinski definition) is 1. The van der Waals surface area contributed by atoms with E-state index in [0.717, 1.165) is 24.1 Å². The number of rotatable bonds is 2. The fourth-order valence-electron chi connectivity index (χ4n) is 2.26. The molecule has 0 fully saturated rings. The van der Waals surface area contributed by atoms with Gasteiger partial charge in [-0.3, -0.25) is 9.78 Å². The van der Waals surface area contributed by atoms with E-state index in [2.05, 4.69) is 28.5 Å². The quantitative estimate of drug-likeness (QED) is 0.907. The molecule has 0 atom stereocenters. The first-order valence-corrected chi connectivity index (χ1v) is 6.82. The predicted octanol–water partition coefficient (Wildman–Crippen LogP) is 3.95. The number of nitrogens with one attached hydrogen (secondary N) is 1. The van der Waals surface area contributed by atoms with E-state index in [-0.39, 0.29) is 5.91 Å². The second-order valence-electron chi connectivity index (χ2n) is 4.66. The number of aromatic nitrogens is 1. The normalized spacial score (nSPS) is 12.8. The van der Waals surface area contributed by atoms with Crippen LogP contribution < -0.4 is 5.32 Å². The van der Waals surface area contributed by atoms with Crippen molar-refractivity contribution in [3.8, 4) is 0 Å². The number of benzene rings is 1. The summed E-state index contributed by atoms with van der Waals surface area (Å²) >= 11 is 5.97. The Bertz CT molecular complexity index is 695. The van der Waals surface area contributed by atoms with Gasteiger partial charge >= 0.3 is 0 Å². The third kappa shape index (κ3) is 2.58. The van der Waals surface area contributed by atoms with Crippen LogP contribution in [0.1, 0.15) is 27.9 Å². The van der Waals surface area contributed by atoms with Crippen molar-refractivity contribution in [1.82, 2.24) is 4.98 Å². The van der Waals surface area contributed by atoms with Gasteiger partial charge in [0.2, 0.25) is 0 Å². The molecule has 0 radical (unpaired) electrons. The highest BCUT2D eigenvalue weighted by Crippen LogP contribution is 2.23. The van der Waals surface area contributed by atoms with E-state index in [9.17, 15) is 4.79 Å². The number of aryl methyl sites for hydroxylation is 1. The lowest BCUT2D eigenvalue weighted by molar-refractivity contribution is 0.102. The fourth-order valence-corrected chi connectivity index (χ4v) is 2.47. The van der Waals surface area contributed by atoms with Gasteiger partial charge in [-0.2, -0.15) is 0 Å². The Morgan fingerprint density at radius 2 is 2.20 bits per heavy atom. The van der Waals surface area contributed by atoms with E-state index >= 15 is 0 Å². The number of anilines is 1. The first kappa shape index (κ1) is 12.9. The Morgan fingerprint density at radius 3 is 3.05 bits per heavy atom. The van der Waals surface area contributed by atoms with Gasteiger partial charge < -0.3 is 5.32 Å². The average Bonchev–Trinajstić information content (AvgIpc) is 2.47. The number of carbonyl (C=O) groups excluding carboxylic acids is 1. The maximum absolute atomic E-state index is 12.2. The molecule has 2 aromatic rings. The second-order valence-corrected chi connectivity index (χ2v) is 5.07. The fraction of sp³-hybridized carbons (Fsp3) is 0.125. The molecule has 1 amide bonds. The monoisotopic (exact) mass is 284 g/mol. The first-order chi connectivity index (χ1) is 9.74. The molecule has 4 heteroatoms. The molecular formula is C16H13ClN2O. The number of hydrogen-bond acceptors (Lipinski definition) is 2. The van der Waals surface area contributed by atoms with Crippen molar-refractivity contribution < 1.29 is 4.79 Å². The summed E-state index contributed by atoms with van der Waals surface area (Å²) in [5, 5.41) is 3.21. The van der Waals surface area contributed by atoms with Crippen LogP contribution in [0.4, 0.5) is 5.69 Å². The van der Waals surface area contributed by atoms with Gasteiger partial charge in [0.1, 0.15) is 0 Å².